The Morgan fingerprint density at radius 1 is 1.04 bits per heavy atom. The average molecular weight is 338 g/mol. The molecule has 1 saturated heterocycles. The Labute approximate surface area is 152 Å². The van der Waals surface area contributed by atoms with Gasteiger partial charge in [0.2, 0.25) is 0 Å². The molecule has 0 spiro atoms. The highest BCUT2D eigenvalue weighted by atomic mass is 16.5. The molecular formula is C22H30N2O. The standard InChI is InChI=1S/C22H30N2O/c1-3-18(2)22(24-14-12-23-13-15-24)20-10-7-11-21(16-20)25-17-19-8-5-4-6-9-19/h4-11,16,18,22-23H,3,12-15,17H2,1-2H3/t18?,22-/m1/s1. The molecule has 2 aromatic carbocycles. The second-order valence-corrected chi connectivity index (χ2v) is 6.96. The zero-order chi connectivity index (χ0) is 17.5. The molecule has 2 atom stereocenters. The molecule has 0 amide bonds. The summed E-state index contributed by atoms with van der Waals surface area (Å²) in [5, 5.41) is 3.46. The van der Waals surface area contributed by atoms with E-state index in [-0.39, 0.29) is 0 Å². The number of rotatable bonds is 7. The Morgan fingerprint density at radius 2 is 1.80 bits per heavy atom. The van der Waals surface area contributed by atoms with E-state index in [1.165, 1.54) is 17.5 Å². The smallest absolute Gasteiger partial charge is 0.120 e. The molecule has 0 radical (unpaired) electrons. The molecule has 1 aliphatic rings. The van der Waals surface area contributed by atoms with Gasteiger partial charge in [-0.1, -0.05) is 62.7 Å². The molecule has 1 N–H and O–H groups in total. The van der Waals surface area contributed by atoms with Gasteiger partial charge in [-0.25, -0.2) is 0 Å². The van der Waals surface area contributed by atoms with Crippen LogP contribution in [0, 0.1) is 5.92 Å². The van der Waals surface area contributed by atoms with Crippen molar-refractivity contribution in [2.24, 2.45) is 5.92 Å². The normalized spacial score (nSPS) is 17.8. The maximum Gasteiger partial charge on any atom is 0.120 e. The minimum absolute atomic E-state index is 0.465. The second-order valence-electron chi connectivity index (χ2n) is 6.96. The monoisotopic (exact) mass is 338 g/mol. The van der Waals surface area contributed by atoms with Crippen molar-refractivity contribution >= 4 is 0 Å². The summed E-state index contributed by atoms with van der Waals surface area (Å²) in [6, 6.07) is 19.5. The van der Waals surface area contributed by atoms with Gasteiger partial charge in [0.15, 0.2) is 0 Å². The zero-order valence-electron chi connectivity index (χ0n) is 15.4. The summed E-state index contributed by atoms with van der Waals surface area (Å²) >= 11 is 0. The summed E-state index contributed by atoms with van der Waals surface area (Å²) < 4.78 is 6.05. The van der Waals surface area contributed by atoms with E-state index in [1.807, 2.05) is 6.07 Å². The van der Waals surface area contributed by atoms with E-state index in [2.05, 4.69) is 72.6 Å². The highest BCUT2D eigenvalue weighted by Crippen LogP contribution is 2.32. The number of nitrogens with zero attached hydrogens (tertiary/aromatic N) is 1. The second kappa shape index (κ2) is 9.02. The summed E-state index contributed by atoms with van der Waals surface area (Å²) in [4.78, 5) is 2.63. The van der Waals surface area contributed by atoms with Gasteiger partial charge < -0.3 is 10.1 Å². The molecule has 1 heterocycles. The molecule has 1 aliphatic heterocycles. The maximum atomic E-state index is 6.05. The third-order valence-electron chi connectivity index (χ3n) is 5.18. The van der Waals surface area contributed by atoms with Gasteiger partial charge in [-0.05, 0) is 29.2 Å². The Balaban J connectivity index is 1.74. The summed E-state index contributed by atoms with van der Waals surface area (Å²) in [5.41, 5.74) is 2.58. The van der Waals surface area contributed by atoms with Crippen molar-refractivity contribution in [2.75, 3.05) is 26.2 Å². The van der Waals surface area contributed by atoms with Gasteiger partial charge in [-0.2, -0.15) is 0 Å². The number of piperazine rings is 1. The number of hydrogen-bond acceptors (Lipinski definition) is 3. The minimum atomic E-state index is 0.465. The molecule has 0 bridgehead atoms. The summed E-state index contributed by atoms with van der Waals surface area (Å²) in [6.07, 6.45) is 1.18. The third kappa shape index (κ3) is 4.83. The van der Waals surface area contributed by atoms with Gasteiger partial charge in [0, 0.05) is 32.2 Å². The van der Waals surface area contributed by atoms with E-state index in [1.54, 1.807) is 0 Å². The molecule has 134 valence electrons. The molecule has 0 saturated carbocycles. The molecule has 1 fully saturated rings. The van der Waals surface area contributed by atoms with E-state index < -0.39 is 0 Å². The van der Waals surface area contributed by atoms with E-state index in [0.29, 0.717) is 18.6 Å². The van der Waals surface area contributed by atoms with E-state index >= 15 is 0 Å². The lowest BCUT2D eigenvalue weighted by atomic mass is 9.90. The fourth-order valence-corrected chi connectivity index (χ4v) is 3.61. The van der Waals surface area contributed by atoms with Crippen molar-refractivity contribution in [2.45, 2.75) is 32.9 Å². The Morgan fingerprint density at radius 3 is 2.52 bits per heavy atom. The first kappa shape index (κ1) is 18.0. The predicted octanol–water partition coefficient (Wildman–Crippen LogP) is 4.26. The lowest BCUT2D eigenvalue weighted by Gasteiger charge is -2.38. The van der Waals surface area contributed by atoms with Crippen molar-refractivity contribution in [3.63, 3.8) is 0 Å². The highest BCUT2D eigenvalue weighted by Gasteiger charge is 2.26. The number of ether oxygens (including phenoxy) is 1. The lowest BCUT2D eigenvalue weighted by Crippen LogP contribution is -2.46. The predicted molar refractivity (Wildman–Crippen MR) is 104 cm³/mol. The summed E-state index contributed by atoms with van der Waals surface area (Å²) in [7, 11) is 0. The zero-order valence-corrected chi connectivity index (χ0v) is 15.4. The minimum Gasteiger partial charge on any atom is -0.489 e. The van der Waals surface area contributed by atoms with E-state index in [4.69, 9.17) is 4.74 Å². The maximum absolute atomic E-state index is 6.05. The first-order chi connectivity index (χ1) is 12.3. The lowest BCUT2D eigenvalue weighted by molar-refractivity contribution is 0.128. The third-order valence-corrected chi connectivity index (χ3v) is 5.18. The number of benzene rings is 2. The molecule has 1 unspecified atom stereocenters. The van der Waals surface area contributed by atoms with Crippen molar-refractivity contribution in [3.8, 4) is 5.75 Å². The van der Waals surface area contributed by atoms with Crippen molar-refractivity contribution in [1.29, 1.82) is 0 Å². The molecule has 3 heteroatoms. The van der Waals surface area contributed by atoms with E-state index in [0.717, 1.165) is 31.9 Å². The molecule has 0 aromatic heterocycles. The fraction of sp³-hybridized carbons (Fsp3) is 0.455. The molecule has 3 rings (SSSR count). The summed E-state index contributed by atoms with van der Waals surface area (Å²) in [6.45, 7) is 9.66. The van der Waals surface area contributed by atoms with Crippen LogP contribution in [0.15, 0.2) is 54.6 Å². The van der Waals surface area contributed by atoms with Gasteiger partial charge in [0.05, 0.1) is 0 Å². The molecule has 2 aromatic rings. The van der Waals surface area contributed by atoms with Crippen LogP contribution in [0.1, 0.15) is 37.4 Å². The Kier molecular flexibility index (Phi) is 6.48. The largest absolute Gasteiger partial charge is 0.489 e. The molecular weight excluding hydrogens is 308 g/mol. The number of nitrogens with one attached hydrogen (secondary N) is 1. The van der Waals surface area contributed by atoms with Gasteiger partial charge >= 0.3 is 0 Å². The van der Waals surface area contributed by atoms with Crippen LogP contribution in [-0.4, -0.2) is 31.1 Å². The quantitative estimate of drug-likeness (QED) is 0.816. The van der Waals surface area contributed by atoms with Gasteiger partial charge in [-0.15, -0.1) is 0 Å². The highest BCUT2D eigenvalue weighted by molar-refractivity contribution is 5.31. The number of hydrogen-bond donors (Lipinski definition) is 1. The van der Waals surface area contributed by atoms with Crippen molar-refractivity contribution in [1.82, 2.24) is 10.2 Å². The topological polar surface area (TPSA) is 24.5 Å². The summed E-state index contributed by atoms with van der Waals surface area (Å²) in [5.74, 6) is 1.59. The Bertz CT molecular complexity index is 637. The fourth-order valence-electron chi connectivity index (χ4n) is 3.61. The first-order valence-corrected chi connectivity index (χ1v) is 9.49. The molecule has 0 aliphatic carbocycles. The molecule has 25 heavy (non-hydrogen) atoms. The van der Waals surface area contributed by atoms with Crippen LogP contribution in [-0.2, 0) is 6.61 Å². The van der Waals surface area contributed by atoms with Crippen molar-refractivity contribution < 1.29 is 4.74 Å². The van der Waals surface area contributed by atoms with Crippen LogP contribution in [0.2, 0.25) is 0 Å². The van der Waals surface area contributed by atoms with Gasteiger partial charge in [0.1, 0.15) is 12.4 Å². The van der Waals surface area contributed by atoms with E-state index in [9.17, 15) is 0 Å². The van der Waals surface area contributed by atoms with Crippen LogP contribution >= 0.6 is 0 Å². The van der Waals surface area contributed by atoms with Crippen LogP contribution in [0.25, 0.3) is 0 Å². The van der Waals surface area contributed by atoms with Gasteiger partial charge in [-0.3, -0.25) is 4.90 Å². The molecule has 3 nitrogen and oxygen atoms in total. The average Bonchev–Trinajstić information content (AvgIpc) is 2.68. The first-order valence-electron chi connectivity index (χ1n) is 9.49. The van der Waals surface area contributed by atoms with Crippen LogP contribution in [0.4, 0.5) is 0 Å². The SMILES string of the molecule is CCC(C)[C@H](c1cccc(OCc2ccccc2)c1)N1CCNCC1. The van der Waals surface area contributed by atoms with Crippen LogP contribution in [0.3, 0.4) is 0 Å². The van der Waals surface area contributed by atoms with Crippen LogP contribution in [0.5, 0.6) is 5.75 Å². The Hall–Kier alpha value is -1.84. The van der Waals surface area contributed by atoms with Crippen LogP contribution < -0.4 is 10.1 Å². The van der Waals surface area contributed by atoms with Crippen molar-refractivity contribution in [3.05, 3.63) is 65.7 Å². The van der Waals surface area contributed by atoms with Gasteiger partial charge in [0.25, 0.3) is 0 Å².